The molecule has 1 saturated heterocycles. The Balaban J connectivity index is 1.55. The molecule has 5 rings (SSSR count). The number of morpholine rings is 1. The van der Waals surface area contributed by atoms with E-state index in [1.54, 1.807) is 35.2 Å². The van der Waals surface area contributed by atoms with Gasteiger partial charge in [0.1, 0.15) is 10.6 Å². The van der Waals surface area contributed by atoms with E-state index in [0.717, 1.165) is 12.1 Å². The van der Waals surface area contributed by atoms with Crippen LogP contribution in [0.2, 0.25) is 0 Å². The second-order valence-electron chi connectivity index (χ2n) is 11.0. The molecule has 0 radical (unpaired) electrons. The smallest absolute Gasteiger partial charge is 0.377 e. The molecular weight excluding hydrogens is 585 g/mol. The first-order valence-corrected chi connectivity index (χ1v) is 15.2. The van der Waals surface area contributed by atoms with E-state index in [9.17, 15) is 26.4 Å². The first kappa shape index (κ1) is 30.7. The Morgan fingerprint density at radius 3 is 2.44 bits per heavy atom. The topological polar surface area (TPSA) is 117 Å². The predicted molar refractivity (Wildman–Crippen MR) is 155 cm³/mol. The van der Waals surface area contributed by atoms with Crippen molar-refractivity contribution in [2.24, 2.45) is 0 Å². The SMILES string of the molecule is C[C@H]1COCCN1c1cc(C2(S(=O)(=O)c3ccccc3C(F)(F)F)CC2)nc(-c2ccc(NC(=O)NCN(C)C)cc2)n1. The van der Waals surface area contributed by atoms with Crippen molar-refractivity contribution in [3.8, 4) is 11.4 Å². The Morgan fingerprint density at radius 1 is 1.12 bits per heavy atom. The molecule has 0 bridgehead atoms. The minimum Gasteiger partial charge on any atom is -0.377 e. The van der Waals surface area contributed by atoms with Crippen LogP contribution in [-0.2, 0) is 25.5 Å². The van der Waals surface area contributed by atoms with Crippen LogP contribution in [0.3, 0.4) is 0 Å². The highest BCUT2D eigenvalue weighted by atomic mass is 32.2. The number of aromatic nitrogens is 2. The van der Waals surface area contributed by atoms with Gasteiger partial charge in [-0.1, -0.05) is 12.1 Å². The van der Waals surface area contributed by atoms with Gasteiger partial charge in [0.2, 0.25) is 0 Å². The van der Waals surface area contributed by atoms with Crippen molar-refractivity contribution in [2.45, 2.75) is 41.6 Å². The first-order valence-electron chi connectivity index (χ1n) is 13.8. The lowest BCUT2D eigenvalue weighted by molar-refractivity contribution is -0.139. The summed E-state index contributed by atoms with van der Waals surface area (Å²) in [6.45, 7) is 3.68. The highest BCUT2D eigenvalue weighted by molar-refractivity contribution is 7.92. The molecule has 230 valence electrons. The molecular formula is C29H33F3N6O4S. The number of sulfone groups is 1. The maximum atomic E-state index is 14.0. The number of halogens is 3. The fraction of sp³-hybridized carbons (Fsp3) is 0.414. The van der Waals surface area contributed by atoms with Crippen molar-refractivity contribution in [3.63, 3.8) is 0 Å². The Labute approximate surface area is 248 Å². The highest BCUT2D eigenvalue weighted by Gasteiger charge is 2.59. The van der Waals surface area contributed by atoms with Crippen LogP contribution in [0.1, 0.15) is 31.0 Å². The van der Waals surface area contributed by atoms with Crippen LogP contribution in [0, 0.1) is 0 Å². The number of rotatable bonds is 8. The summed E-state index contributed by atoms with van der Waals surface area (Å²) in [5.41, 5.74) is 0.0130. The first-order chi connectivity index (χ1) is 20.3. The second kappa shape index (κ2) is 11.7. The Bertz CT molecular complexity index is 1590. The number of nitrogens with zero attached hydrogens (tertiary/aromatic N) is 4. The molecule has 1 aliphatic carbocycles. The van der Waals surface area contributed by atoms with E-state index >= 15 is 0 Å². The van der Waals surface area contributed by atoms with Gasteiger partial charge in [-0.05, 0) is 70.3 Å². The highest BCUT2D eigenvalue weighted by Crippen LogP contribution is 2.56. The van der Waals surface area contributed by atoms with Gasteiger partial charge < -0.3 is 20.3 Å². The van der Waals surface area contributed by atoms with Crippen molar-refractivity contribution in [1.82, 2.24) is 20.2 Å². The summed E-state index contributed by atoms with van der Waals surface area (Å²) in [4.78, 5) is 24.6. The van der Waals surface area contributed by atoms with Gasteiger partial charge >= 0.3 is 12.2 Å². The quantitative estimate of drug-likeness (QED) is 0.355. The average molecular weight is 619 g/mol. The van der Waals surface area contributed by atoms with E-state index in [0.29, 0.717) is 43.5 Å². The molecule has 43 heavy (non-hydrogen) atoms. The van der Waals surface area contributed by atoms with E-state index in [2.05, 4.69) is 15.6 Å². The predicted octanol–water partition coefficient (Wildman–Crippen LogP) is 4.49. The van der Waals surface area contributed by atoms with E-state index < -0.39 is 31.2 Å². The minimum absolute atomic E-state index is 0.0747. The van der Waals surface area contributed by atoms with Gasteiger partial charge in [-0.25, -0.2) is 23.2 Å². The summed E-state index contributed by atoms with van der Waals surface area (Å²) in [6.07, 6.45) is -4.59. The van der Waals surface area contributed by atoms with E-state index in [-0.39, 0.29) is 36.4 Å². The van der Waals surface area contributed by atoms with Crippen LogP contribution in [0.15, 0.2) is 59.5 Å². The average Bonchev–Trinajstić information content (AvgIpc) is 3.79. The molecule has 1 atom stereocenters. The molecule has 3 aromatic rings. The fourth-order valence-electron chi connectivity index (χ4n) is 5.04. The van der Waals surface area contributed by atoms with Gasteiger partial charge in [-0.3, -0.25) is 4.90 Å². The van der Waals surface area contributed by atoms with Gasteiger partial charge in [0.25, 0.3) is 0 Å². The number of hydrogen-bond donors (Lipinski definition) is 2. The Morgan fingerprint density at radius 2 is 1.81 bits per heavy atom. The minimum atomic E-state index is -4.84. The standard InChI is InChI=1S/C29H33F3N6O4S/c1-19-17-42-15-14-38(19)25-16-24(28(12-13-28)43(40,41)23-7-5-4-6-22(23)29(30,31)32)35-26(36-25)20-8-10-21(11-9-20)34-27(39)33-18-37(2)3/h4-11,16,19H,12-15,17-18H2,1-3H3,(H2,33,34,39)/t19-/m0/s1. The molecule has 2 aromatic carbocycles. The molecule has 1 aromatic heterocycles. The molecule has 14 heteroatoms. The normalized spacial score (nSPS) is 18.4. The monoisotopic (exact) mass is 618 g/mol. The second-order valence-corrected chi connectivity index (χ2v) is 13.2. The third kappa shape index (κ3) is 6.31. The molecule has 1 saturated carbocycles. The van der Waals surface area contributed by atoms with E-state index in [1.165, 1.54) is 12.1 Å². The summed E-state index contributed by atoms with van der Waals surface area (Å²) in [5, 5.41) is 5.44. The Kier molecular flexibility index (Phi) is 8.38. The van der Waals surface area contributed by atoms with Gasteiger partial charge in [0.15, 0.2) is 15.7 Å². The van der Waals surface area contributed by atoms with Crippen molar-refractivity contribution in [3.05, 3.63) is 65.9 Å². The van der Waals surface area contributed by atoms with Gasteiger partial charge in [0.05, 0.1) is 42.1 Å². The van der Waals surface area contributed by atoms with Gasteiger partial charge in [-0.15, -0.1) is 0 Å². The number of hydrogen-bond acceptors (Lipinski definition) is 8. The maximum Gasteiger partial charge on any atom is 0.417 e. The number of anilines is 2. The fourth-order valence-corrected chi connectivity index (χ4v) is 7.21. The van der Waals surface area contributed by atoms with Crippen LogP contribution in [0.25, 0.3) is 11.4 Å². The zero-order valence-electron chi connectivity index (χ0n) is 24.0. The lowest BCUT2D eigenvalue weighted by atomic mass is 10.1. The van der Waals surface area contributed by atoms with Crippen molar-refractivity contribution in [2.75, 3.05) is 50.7 Å². The molecule has 2 heterocycles. The lowest BCUT2D eigenvalue weighted by Crippen LogP contribution is -2.44. The molecule has 2 amide bonds. The summed E-state index contributed by atoms with van der Waals surface area (Å²) < 4.78 is 73.5. The molecule has 2 fully saturated rings. The van der Waals surface area contributed by atoms with Crippen LogP contribution < -0.4 is 15.5 Å². The molecule has 0 spiro atoms. The van der Waals surface area contributed by atoms with Crippen molar-refractivity contribution >= 4 is 27.4 Å². The summed E-state index contributed by atoms with van der Waals surface area (Å²) in [6, 6.07) is 12.1. The molecule has 2 N–H and O–H groups in total. The third-order valence-electron chi connectivity index (χ3n) is 7.50. The number of nitrogens with one attached hydrogen (secondary N) is 2. The number of alkyl halides is 3. The number of carbonyl (C=O) groups excluding carboxylic acids is 1. The molecule has 2 aliphatic rings. The number of carbonyl (C=O) groups is 1. The third-order valence-corrected chi connectivity index (χ3v) is 10.1. The molecule has 0 unspecified atom stereocenters. The van der Waals surface area contributed by atoms with E-state index in [1.807, 2.05) is 25.9 Å². The molecule has 10 nitrogen and oxygen atoms in total. The van der Waals surface area contributed by atoms with Crippen LogP contribution in [0.5, 0.6) is 0 Å². The number of amides is 2. The number of ether oxygens (including phenoxy) is 1. The zero-order chi connectivity index (χ0) is 31.0. The van der Waals surface area contributed by atoms with Gasteiger partial charge in [0, 0.05) is 23.9 Å². The summed E-state index contributed by atoms with van der Waals surface area (Å²) >= 11 is 0. The number of benzene rings is 2. The van der Waals surface area contributed by atoms with E-state index in [4.69, 9.17) is 9.72 Å². The largest absolute Gasteiger partial charge is 0.417 e. The van der Waals surface area contributed by atoms with Crippen LogP contribution in [-0.4, -0.2) is 75.9 Å². The zero-order valence-corrected chi connectivity index (χ0v) is 24.8. The lowest BCUT2D eigenvalue weighted by Gasteiger charge is -2.35. The van der Waals surface area contributed by atoms with Gasteiger partial charge in [-0.2, -0.15) is 13.2 Å². The molecule has 1 aliphatic heterocycles. The summed E-state index contributed by atoms with van der Waals surface area (Å²) in [5.74, 6) is 0.687. The van der Waals surface area contributed by atoms with Crippen molar-refractivity contribution < 1.29 is 31.1 Å². The van der Waals surface area contributed by atoms with Crippen LogP contribution >= 0.6 is 0 Å². The summed E-state index contributed by atoms with van der Waals surface area (Å²) in [7, 11) is -0.856. The Hall–Kier alpha value is -3.75. The van der Waals surface area contributed by atoms with Crippen molar-refractivity contribution in [1.29, 1.82) is 0 Å². The number of urea groups is 1. The van der Waals surface area contributed by atoms with Crippen LogP contribution in [0.4, 0.5) is 29.5 Å². The maximum absolute atomic E-state index is 14.0.